The molecule has 1 amide bonds. The van der Waals surface area contributed by atoms with Crippen LogP contribution in [-0.4, -0.2) is 32.8 Å². The molecule has 0 unspecified atom stereocenters. The highest BCUT2D eigenvalue weighted by Crippen LogP contribution is 2.27. The van der Waals surface area contributed by atoms with Crippen molar-refractivity contribution in [2.75, 3.05) is 12.4 Å². The molecule has 0 saturated carbocycles. The lowest BCUT2D eigenvalue weighted by Gasteiger charge is -2.13. The number of benzene rings is 2. The van der Waals surface area contributed by atoms with Crippen molar-refractivity contribution in [3.63, 3.8) is 0 Å². The normalized spacial score (nSPS) is 12.1. The number of rotatable bonds is 6. The molecule has 0 spiro atoms. The number of hydrogen-bond acceptors (Lipinski definition) is 6. The van der Waals surface area contributed by atoms with Gasteiger partial charge in [-0.1, -0.05) is 48.6 Å². The molecule has 28 heavy (non-hydrogen) atoms. The van der Waals surface area contributed by atoms with E-state index >= 15 is 0 Å². The Labute approximate surface area is 166 Å². The molecule has 0 aliphatic carbocycles. The fraction of sp³-hybridized carbons (Fsp3) is 0.200. The Morgan fingerprint density at radius 3 is 2.57 bits per heavy atom. The predicted octanol–water partition coefficient (Wildman–Crippen LogP) is 3.99. The Balaban J connectivity index is 1.58. The molecule has 4 rings (SSSR count). The Bertz CT molecular complexity index is 1090. The number of carbonyl (C=O) groups excluding carboxylic acids is 1. The minimum Gasteiger partial charge on any atom is -0.497 e. The summed E-state index contributed by atoms with van der Waals surface area (Å²) in [6.07, 6.45) is 0.705. The van der Waals surface area contributed by atoms with Crippen LogP contribution in [0.15, 0.2) is 54.6 Å². The summed E-state index contributed by atoms with van der Waals surface area (Å²) in [4.78, 5) is 13.4. The van der Waals surface area contributed by atoms with Gasteiger partial charge in [0, 0.05) is 5.56 Å². The first-order valence-electron chi connectivity index (χ1n) is 8.92. The number of hydrogen-bond donors (Lipinski definition) is 1. The number of nitrogens with zero attached hydrogens (tertiary/aromatic N) is 4. The average molecular weight is 393 g/mol. The number of carbonyl (C=O) groups is 1. The number of nitrogens with one attached hydrogen (secondary N) is 1. The number of fused-ring (bicyclic) bond motifs is 1. The molecule has 1 N–H and O–H groups in total. The second kappa shape index (κ2) is 7.77. The zero-order valence-electron chi connectivity index (χ0n) is 15.5. The molecule has 1 atom stereocenters. The van der Waals surface area contributed by atoms with Crippen LogP contribution in [-0.2, 0) is 4.79 Å². The lowest BCUT2D eigenvalue weighted by Crippen LogP contribution is -2.20. The number of ether oxygens (including phenoxy) is 1. The maximum atomic E-state index is 12.8. The second-order valence-corrected chi connectivity index (χ2v) is 7.17. The van der Waals surface area contributed by atoms with Crippen molar-refractivity contribution in [2.45, 2.75) is 19.3 Å². The van der Waals surface area contributed by atoms with E-state index in [1.807, 2.05) is 61.5 Å². The lowest BCUT2D eigenvalue weighted by atomic mass is 9.96. The molecule has 2 aromatic heterocycles. The molecule has 7 nitrogen and oxygen atoms in total. The maximum Gasteiger partial charge on any atom is 0.236 e. The van der Waals surface area contributed by atoms with E-state index in [0.717, 1.165) is 16.9 Å². The quantitative estimate of drug-likeness (QED) is 0.536. The summed E-state index contributed by atoms with van der Waals surface area (Å²) in [5, 5.41) is 16.3. The zero-order valence-corrected chi connectivity index (χ0v) is 16.3. The van der Waals surface area contributed by atoms with Gasteiger partial charge in [-0.25, -0.2) is 0 Å². The van der Waals surface area contributed by atoms with E-state index in [0.29, 0.717) is 22.3 Å². The summed E-state index contributed by atoms with van der Waals surface area (Å²) < 4.78 is 6.83. The van der Waals surface area contributed by atoms with E-state index in [4.69, 9.17) is 4.74 Å². The third-order valence-corrected chi connectivity index (χ3v) is 5.31. The first-order valence-corrected chi connectivity index (χ1v) is 9.73. The topological polar surface area (TPSA) is 81.4 Å². The largest absolute Gasteiger partial charge is 0.497 e. The van der Waals surface area contributed by atoms with Gasteiger partial charge in [-0.05, 0) is 36.2 Å². The standard InChI is InChI=1S/C20H19N5O2S/c1-3-16(13-7-5-4-6-8-13)18(26)21-19-24-25-17(22-23-20(25)28-19)14-9-11-15(27-2)12-10-14/h4-12,16H,3H2,1-2H3,(H,21,24,26)/t16-/m1/s1. The molecular formula is C20H19N5O2S. The summed E-state index contributed by atoms with van der Waals surface area (Å²) in [7, 11) is 1.62. The van der Waals surface area contributed by atoms with Gasteiger partial charge in [0.1, 0.15) is 5.75 Å². The molecular weight excluding hydrogens is 374 g/mol. The van der Waals surface area contributed by atoms with Gasteiger partial charge in [-0.15, -0.1) is 15.3 Å². The van der Waals surface area contributed by atoms with E-state index in [-0.39, 0.29) is 11.8 Å². The number of amides is 1. The molecule has 8 heteroatoms. The summed E-state index contributed by atoms with van der Waals surface area (Å²) in [6, 6.07) is 17.3. The van der Waals surface area contributed by atoms with E-state index in [1.165, 1.54) is 11.3 Å². The minimum absolute atomic E-state index is 0.0790. The Hall–Kier alpha value is -3.26. The monoisotopic (exact) mass is 393 g/mol. The van der Waals surface area contributed by atoms with Crippen LogP contribution in [0, 0.1) is 0 Å². The van der Waals surface area contributed by atoms with Crippen molar-refractivity contribution in [2.24, 2.45) is 0 Å². The molecule has 0 bridgehead atoms. The molecule has 142 valence electrons. The van der Waals surface area contributed by atoms with E-state index in [9.17, 15) is 4.79 Å². The average Bonchev–Trinajstić information content (AvgIpc) is 3.29. The highest BCUT2D eigenvalue weighted by molar-refractivity contribution is 7.20. The van der Waals surface area contributed by atoms with Gasteiger partial charge in [-0.3, -0.25) is 10.1 Å². The Morgan fingerprint density at radius 2 is 1.89 bits per heavy atom. The maximum absolute atomic E-state index is 12.8. The van der Waals surface area contributed by atoms with Crippen molar-refractivity contribution >= 4 is 27.3 Å². The van der Waals surface area contributed by atoms with Gasteiger partial charge in [0.15, 0.2) is 5.82 Å². The highest BCUT2D eigenvalue weighted by Gasteiger charge is 2.21. The van der Waals surface area contributed by atoms with Gasteiger partial charge < -0.3 is 4.74 Å². The zero-order chi connectivity index (χ0) is 19.5. The number of anilines is 1. The molecule has 0 radical (unpaired) electrons. The van der Waals surface area contributed by atoms with Crippen LogP contribution in [0.3, 0.4) is 0 Å². The van der Waals surface area contributed by atoms with Gasteiger partial charge in [0.25, 0.3) is 0 Å². The second-order valence-electron chi connectivity index (χ2n) is 6.21. The summed E-state index contributed by atoms with van der Waals surface area (Å²) in [5.41, 5.74) is 1.86. The molecule has 0 fully saturated rings. The van der Waals surface area contributed by atoms with Crippen molar-refractivity contribution in [3.8, 4) is 17.1 Å². The van der Waals surface area contributed by atoms with E-state index < -0.39 is 0 Å². The van der Waals surface area contributed by atoms with Crippen LogP contribution < -0.4 is 10.1 Å². The van der Waals surface area contributed by atoms with Crippen LogP contribution in [0.5, 0.6) is 5.75 Å². The van der Waals surface area contributed by atoms with Crippen LogP contribution in [0.2, 0.25) is 0 Å². The molecule has 0 aliphatic rings. The van der Waals surface area contributed by atoms with Gasteiger partial charge in [0.2, 0.25) is 16.0 Å². The van der Waals surface area contributed by atoms with Crippen LogP contribution in [0.4, 0.5) is 5.13 Å². The van der Waals surface area contributed by atoms with Gasteiger partial charge >= 0.3 is 0 Å². The summed E-state index contributed by atoms with van der Waals surface area (Å²) >= 11 is 1.29. The smallest absolute Gasteiger partial charge is 0.236 e. The van der Waals surface area contributed by atoms with Crippen molar-refractivity contribution in [1.29, 1.82) is 0 Å². The molecule has 0 saturated heterocycles. The Kier molecular flexibility index (Phi) is 5.03. The SMILES string of the molecule is CC[C@@H](C(=O)Nc1nn2c(-c3ccc(OC)cc3)nnc2s1)c1ccccc1. The van der Waals surface area contributed by atoms with Crippen molar-refractivity contribution < 1.29 is 9.53 Å². The van der Waals surface area contributed by atoms with Crippen LogP contribution in [0.25, 0.3) is 16.3 Å². The summed E-state index contributed by atoms with van der Waals surface area (Å²) in [5.74, 6) is 1.08. The molecule has 0 aliphatic heterocycles. The predicted molar refractivity (Wildman–Crippen MR) is 109 cm³/mol. The van der Waals surface area contributed by atoms with Crippen molar-refractivity contribution in [3.05, 3.63) is 60.2 Å². The number of aromatic nitrogens is 4. The summed E-state index contributed by atoms with van der Waals surface area (Å²) in [6.45, 7) is 2.00. The first-order chi connectivity index (χ1) is 13.7. The molecule has 2 aromatic carbocycles. The third kappa shape index (κ3) is 3.46. The minimum atomic E-state index is -0.225. The molecule has 2 heterocycles. The highest BCUT2D eigenvalue weighted by atomic mass is 32.1. The lowest BCUT2D eigenvalue weighted by molar-refractivity contribution is -0.117. The van der Waals surface area contributed by atoms with Crippen molar-refractivity contribution in [1.82, 2.24) is 19.8 Å². The first kappa shape index (κ1) is 18.1. The van der Waals surface area contributed by atoms with E-state index in [1.54, 1.807) is 11.6 Å². The fourth-order valence-corrected chi connectivity index (χ4v) is 3.78. The molecule has 4 aromatic rings. The third-order valence-electron chi connectivity index (χ3n) is 4.50. The van der Waals surface area contributed by atoms with Gasteiger partial charge in [0.05, 0.1) is 13.0 Å². The van der Waals surface area contributed by atoms with Gasteiger partial charge in [-0.2, -0.15) is 4.52 Å². The number of methoxy groups -OCH3 is 1. The van der Waals surface area contributed by atoms with Crippen LogP contribution in [0.1, 0.15) is 24.8 Å². The Morgan fingerprint density at radius 1 is 1.14 bits per heavy atom. The van der Waals surface area contributed by atoms with E-state index in [2.05, 4.69) is 20.6 Å². The van der Waals surface area contributed by atoms with Crippen LogP contribution >= 0.6 is 11.3 Å². The fourth-order valence-electron chi connectivity index (χ4n) is 3.04.